The van der Waals surface area contributed by atoms with Crippen molar-refractivity contribution in [2.24, 2.45) is 0 Å². The zero-order valence-electron chi connectivity index (χ0n) is 16.9. The molecule has 0 saturated heterocycles. The van der Waals surface area contributed by atoms with Crippen LogP contribution in [0.25, 0.3) is 0 Å². The number of aliphatic hydroxyl groups excluding tert-OH is 1. The van der Waals surface area contributed by atoms with Crippen LogP contribution in [0.15, 0.2) is 48.5 Å². The van der Waals surface area contributed by atoms with Gasteiger partial charge in [-0.15, -0.1) is 0 Å². The first kappa shape index (κ1) is 28.3. The van der Waals surface area contributed by atoms with Crippen molar-refractivity contribution in [3.8, 4) is 17.2 Å². The van der Waals surface area contributed by atoms with Gasteiger partial charge in [-0.25, -0.2) is 0 Å². The molecule has 4 nitrogen and oxygen atoms in total. The van der Waals surface area contributed by atoms with Crippen molar-refractivity contribution >= 4 is 11.6 Å². The van der Waals surface area contributed by atoms with Gasteiger partial charge in [0.15, 0.2) is 11.5 Å². The van der Waals surface area contributed by atoms with Gasteiger partial charge < -0.3 is 19.3 Å². The molecule has 0 heterocycles. The number of aliphatic hydroxyl groups is 1. The third-order valence-electron chi connectivity index (χ3n) is 3.39. The number of hydrogen-bond donors (Lipinski definition) is 1. The van der Waals surface area contributed by atoms with E-state index >= 15 is 0 Å². The molecule has 2 aromatic carbocycles. The molecule has 0 bridgehead atoms. The highest BCUT2D eigenvalue weighted by molar-refractivity contribution is 6.32. The summed E-state index contributed by atoms with van der Waals surface area (Å²) >= 11 is 5.70. The maximum Gasteiger partial charge on any atom is 0.161 e. The Labute approximate surface area is 176 Å². The Morgan fingerprint density at radius 1 is 0.786 bits per heavy atom. The lowest BCUT2D eigenvalue weighted by molar-refractivity contribution is 0.287. The minimum Gasteiger partial charge on any atom is -0.495 e. The number of halogens is 1. The second-order valence-corrected chi connectivity index (χ2v) is 5.97. The van der Waals surface area contributed by atoms with Crippen molar-refractivity contribution < 1.29 is 19.3 Å². The lowest BCUT2D eigenvalue weighted by Gasteiger charge is -2.09. The molecule has 160 valence electrons. The van der Waals surface area contributed by atoms with Gasteiger partial charge in [0, 0.05) is 6.61 Å². The standard InChI is InChI=1S/C11H16O2.C7H7ClO.C4H10O.CH4/c1-3-4-9-13-11-8-6-5-7-10(11)12-2;1-9-7-5-3-2-4-6(7)8;1-2-3-4-5;/h5-8H,3-4,9H2,1-2H3;2-5H,1H3;5H,2-4H2,1H3;1H4. The highest BCUT2D eigenvalue weighted by atomic mass is 35.5. The van der Waals surface area contributed by atoms with Gasteiger partial charge in [0.05, 0.1) is 25.8 Å². The minimum atomic E-state index is 0. The molecule has 2 aromatic rings. The topological polar surface area (TPSA) is 47.9 Å². The van der Waals surface area contributed by atoms with E-state index in [0.717, 1.165) is 49.5 Å². The lowest BCUT2D eigenvalue weighted by atomic mass is 10.3. The molecule has 0 spiro atoms. The number of rotatable bonds is 8. The summed E-state index contributed by atoms with van der Waals surface area (Å²) in [7, 11) is 3.25. The molecule has 0 aliphatic heterocycles. The molecule has 0 aromatic heterocycles. The number of hydrogen-bond acceptors (Lipinski definition) is 4. The van der Waals surface area contributed by atoms with Crippen molar-refractivity contribution in [2.75, 3.05) is 27.4 Å². The van der Waals surface area contributed by atoms with Gasteiger partial charge in [-0.2, -0.15) is 0 Å². The monoisotopic (exact) mass is 412 g/mol. The van der Waals surface area contributed by atoms with Crippen LogP contribution in [0.2, 0.25) is 5.02 Å². The average molecular weight is 413 g/mol. The fourth-order valence-corrected chi connectivity index (χ4v) is 2.05. The molecular formula is C23H37ClO4. The molecule has 0 aliphatic rings. The van der Waals surface area contributed by atoms with E-state index in [-0.39, 0.29) is 7.43 Å². The average Bonchev–Trinajstić information content (AvgIpc) is 2.70. The zero-order chi connectivity index (χ0) is 20.3. The Hall–Kier alpha value is -1.91. The van der Waals surface area contributed by atoms with Crippen LogP contribution in [-0.2, 0) is 0 Å². The second-order valence-electron chi connectivity index (χ2n) is 5.56. The summed E-state index contributed by atoms with van der Waals surface area (Å²) in [6, 6.07) is 15.1. The first-order chi connectivity index (χ1) is 13.1. The van der Waals surface area contributed by atoms with E-state index in [0.29, 0.717) is 11.6 Å². The third-order valence-corrected chi connectivity index (χ3v) is 3.71. The van der Waals surface area contributed by atoms with Gasteiger partial charge in [0.25, 0.3) is 0 Å². The first-order valence-electron chi connectivity index (χ1n) is 9.29. The van der Waals surface area contributed by atoms with E-state index in [4.69, 9.17) is 30.9 Å². The first-order valence-corrected chi connectivity index (χ1v) is 9.67. The van der Waals surface area contributed by atoms with Crippen LogP contribution in [0, 0.1) is 0 Å². The molecule has 0 unspecified atom stereocenters. The number of benzene rings is 2. The molecular weight excluding hydrogens is 376 g/mol. The Morgan fingerprint density at radius 2 is 1.29 bits per heavy atom. The smallest absolute Gasteiger partial charge is 0.161 e. The summed E-state index contributed by atoms with van der Waals surface area (Å²) in [5.41, 5.74) is 0. The Morgan fingerprint density at radius 3 is 1.68 bits per heavy atom. The summed E-state index contributed by atoms with van der Waals surface area (Å²) in [4.78, 5) is 0. The van der Waals surface area contributed by atoms with Crippen LogP contribution in [0.1, 0.15) is 47.0 Å². The SMILES string of the molecule is C.CCCCO.CCCCOc1ccccc1OC.COc1ccccc1Cl. The van der Waals surface area contributed by atoms with Gasteiger partial charge >= 0.3 is 0 Å². The predicted molar refractivity (Wildman–Crippen MR) is 120 cm³/mol. The quantitative estimate of drug-likeness (QED) is 0.494. The zero-order valence-corrected chi connectivity index (χ0v) is 17.7. The summed E-state index contributed by atoms with van der Waals surface area (Å²) in [5.74, 6) is 2.36. The van der Waals surface area contributed by atoms with Crippen LogP contribution < -0.4 is 14.2 Å². The van der Waals surface area contributed by atoms with E-state index in [2.05, 4.69) is 13.8 Å². The van der Waals surface area contributed by atoms with Gasteiger partial charge in [-0.3, -0.25) is 0 Å². The third kappa shape index (κ3) is 13.3. The van der Waals surface area contributed by atoms with Crippen molar-refractivity contribution in [1.29, 1.82) is 0 Å². The summed E-state index contributed by atoms with van der Waals surface area (Å²) < 4.78 is 15.6. The number of para-hydroxylation sites is 3. The van der Waals surface area contributed by atoms with E-state index in [1.54, 1.807) is 20.3 Å². The minimum absolute atomic E-state index is 0. The lowest BCUT2D eigenvalue weighted by Crippen LogP contribution is -1.98. The van der Waals surface area contributed by atoms with Crippen molar-refractivity contribution in [3.05, 3.63) is 53.6 Å². The normalized spacial score (nSPS) is 8.93. The molecule has 0 amide bonds. The second kappa shape index (κ2) is 19.8. The maximum atomic E-state index is 8.07. The molecule has 2 rings (SSSR count). The van der Waals surface area contributed by atoms with Crippen LogP contribution in [0.4, 0.5) is 0 Å². The molecule has 0 saturated carbocycles. The van der Waals surface area contributed by atoms with Crippen LogP contribution in [0.5, 0.6) is 17.2 Å². The van der Waals surface area contributed by atoms with E-state index in [9.17, 15) is 0 Å². The van der Waals surface area contributed by atoms with E-state index in [1.807, 2.05) is 42.5 Å². The molecule has 0 aliphatic carbocycles. The van der Waals surface area contributed by atoms with Crippen LogP contribution >= 0.6 is 11.6 Å². The summed E-state index contributed by atoms with van der Waals surface area (Å²) in [6.45, 7) is 5.30. The van der Waals surface area contributed by atoms with E-state index < -0.39 is 0 Å². The Bertz CT molecular complexity index is 588. The van der Waals surface area contributed by atoms with Crippen LogP contribution in [0.3, 0.4) is 0 Å². The van der Waals surface area contributed by atoms with Gasteiger partial charge in [0.1, 0.15) is 5.75 Å². The molecule has 0 atom stereocenters. The number of unbranched alkanes of at least 4 members (excludes halogenated alkanes) is 2. The maximum absolute atomic E-state index is 8.07. The van der Waals surface area contributed by atoms with Crippen molar-refractivity contribution in [1.82, 2.24) is 0 Å². The fourth-order valence-electron chi connectivity index (χ4n) is 1.83. The molecule has 28 heavy (non-hydrogen) atoms. The molecule has 0 radical (unpaired) electrons. The molecule has 0 fully saturated rings. The van der Waals surface area contributed by atoms with Gasteiger partial charge in [0.2, 0.25) is 0 Å². The molecule has 1 N–H and O–H groups in total. The highest BCUT2D eigenvalue weighted by Crippen LogP contribution is 2.25. The van der Waals surface area contributed by atoms with Crippen molar-refractivity contribution in [3.63, 3.8) is 0 Å². The van der Waals surface area contributed by atoms with Crippen molar-refractivity contribution in [2.45, 2.75) is 47.0 Å². The van der Waals surface area contributed by atoms with Crippen LogP contribution in [-0.4, -0.2) is 32.5 Å². The number of methoxy groups -OCH3 is 2. The number of ether oxygens (including phenoxy) is 3. The highest BCUT2D eigenvalue weighted by Gasteiger charge is 2.00. The Kier molecular flexibility index (Phi) is 20.1. The summed E-state index contributed by atoms with van der Waals surface area (Å²) in [6.07, 6.45) is 4.27. The van der Waals surface area contributed by atoms with E-state index in [1.165, 1.54) is 0 Å². The largest absolute Gasteiger partial charge is 0.495 e. The predicted octanol–water partition coefficient (Wildman–Crippen LogP) is 6.64. The fraction of sp³-hybridized carbons (Fsp3) is 0.478. The molecule has 5 heteroatoms. The summed E-state index contributed by atoms with van der Waals surface area (Å²) in [5, 5.41) is 8.72. The van der Waals surface area contributed by atoms with Gasteiger partial charge in [-0.1, -0.05) is 70.0 Å². The Balaban J connectivity index is 0. The van der Waals surface area contributed by atoms with Gasteiger partial charge in [-0.05, 0) is 37.1 Å².